The second-order valence-corrected chi connectivity index (χ2v) is 11.9. The van der Waals surface area contributed by atoms with Crippen molar-refractivity contribution in [3.05, 3.63) is 102 Å². The molecule has 0 aliphatic rings. The van der Waals surface area contributed by atoms with E-state index in [0.29, 0.717) is 0 Å². The highest BCUT2D eigenvalue weighted by Crippen LogP contribution is 2.25. The number of rotatable bonds is 12. The summed E-state index contributed by atoms with van der Waals surface area (Å²) in [6.45, 7) is -1.44. The molecule has 0 bridgehead atoms. The first-order valence-corrected chi connectivity index (χ1v) is 15.2. The van der Waals surface area contributed by atoms with Gasteiger partial charge in [0, 0.05) is 18.1 Å². The highest BCUT2D eigenvalue weighted by atomic mass is 32.2. The zero-order valence-electron chi connectivity index (χ0n) is 22.6. The molecule has 2 amide bonds. The topological polar surface area (TPSA) is 180 Å². The molecule has 0 saturated heterocycles. The molecule has 2 aromatic carbocycles. The monoisotopic (exact) mass is 666 g/mol. The summed E-state index contributed by atoms with van der Waals surface area (Å²) in [5.74, 6) is -2.40. The molecule has 45 heavy (non-hydrogen) atoms. The number of nitrogens with one attached hydrogen (secondary N) is 2. The molecular formula is C27H21F3N4O9S2. The Kier molecular flexibility index (Phi) is 10.1. The fourth-order valence-electron chi connectivity index (χ4n) is 3.50. The van der Waals surface area contributed by atoms with Gasteiger partial charge in [-0.15, -0.1) is 13.2 Å². The highest BCUT2D eigenvalue weighted by Gasteiger charge is 2.31. The predicted molar refractivity (Wildman–Crippen MR) is 150 cm³/mol. The van der Waals surface area contributed by atoms with Crippen molar-refractivity contribution in [2.75, 3.05) is 17.2 Å². The number of amides is 2. The third kappa shape index (κ3) is 9.54. The first kappa shape index (κ1) is 33.0. The summed E-state index contributed by atoms with van der Waals surface area (Å²) < 4.78 is 101. The second-order valence-electron chi connectivity index (χ2n) is 8.73. The van der Waals surface area contributed by atoms with Crippen LogP contribution in [0.5, 0.6) is 5.75 Å². The standard InChI is InChI=1S/C27H21F3N4O9S2/c28-27(29,30)43-20-10-8-19(9-11-20)33-25(36)22-7-4-13-32-26(22)45(39,40)41-16-18-12-14-31-23(15-18)34-24(35)17-42-44(37,38)21-5-2-1-3-6-21/h1-15H,16-17H2,(H,33,36)(H,31,34,35). The molecule has 0 fully saturated rings. The minimum Gasteiger partial charge on any atom is -0.406 e. The van der Waals surface area contributed by atoms with Crippen LogP contribution in [0, 0.1) is 0 Å². The number of nitrogens with zero attached hydrogens (tertiary/aromatic N) is 2. The van der Waals surface area contributed by atoms with Gasteiger partial charge in [0.25, 0.3) is 21.9 Å². The number of carbonyl (C=O) groups is 2. The molecule has 0 radical (unpaired) electrons. The number of halogens is 3. The first-order chi connectivity index (χ1) is 21.2. The van der Waals surface area contributed by atoms with Crippen molar-refractivity contribution in [2.24, 2.45) is 0 Å². The van der Waals surface area contributed by atoms with E-state index >= 15 is 0 Å². The molecule has 0 atom stereocenters. The lowest BCUT2D eigenvalue weighted by Gasteiger charge is -2.12. The number of anilines is 2. The maximum absolute atomic E-state index is 13.0. The summed E-state index contributed by atoms with van der Waals surface area (Å²) in [4.78, 5) is 32.6. The number of carbonyl (C=O) groups excluding carboxylic acids is 2. The van der Waals surface area contributed by atoms with E-state index in [9.17, 15) is 39.6 Å². The van der Waals surface area contributed by atoms with Gasteiger partial charge in [-0.05, 0) is 66.2 Å². The third-order valence-corrected chi connectivity index (χ3v) is 7.95. The van der Waals surface area contributed by atoms with E-state index in [4.69, 9.17) is 8.37 Å². The van der Waals surface area contributed by atoms with Gasteiger partial charge in [-0.3, -0.25) is 18.0 Å². The predicted octanol–water partition coefficient (Wildman–Crippen LogP) is 3.88. The Morgan fingerprint density at radius 1 is 0.778 bits per heavy atom. The molecule has 4 rings (SSSR count). The summed E-state index contributed by atoms with van der Waals surface area (Å²) >= 11 is 0. The number of ether oxygens (including phenoxy) is 1. The minimum absolute atomic E-state index is 0.0390. The van der Waals surface area contributed by atoms with Crippen molar-refractivity contribution >= 4 is 43.6 Å². The fourth-order valence-corrected chi connectivity index (χ4v) is 5.41. The first-order valence-electron chi connectivity index (χ1n) is 12.4. The zero-order valence-corrected chi connectivity index (χ0v) is 24.2. The molecule has 0 unspecified atom stereocenters. The molecule has 2 aromatic heterocycles. The summed E-state index contributed by atoms with van der Waals surface area (Å²) in [6.07, 6.45) is -2.57. The van der Waals surface area contributed by atoms with Crippen LogP contribution in [0.25, 0.3) is 0 Å². The fraction of sp³-hybridized carbons (Fsp3) is 0.111. The molecule has 0 saturated carbocycles. The van der Waals surface area contributed by atoms with Crippen LogP contribution >= 0.6 is 0 Å². The lowest BCUT2D eigenvalue weighted by Crippen LogP contribution is -2.21. The van der Waals surface area contributed by atoms with Crippen LogP contribution in [0.15, 0.2) is 101 Å². The maximum atomic E-state index is 13.0. The smallest absolute Gasteiger partial charge is 0.406 e. The van der Waals surface area contributed by atoms with Crippen molar-refractivity contribution in [1.29, 1.82) is 0 Å². The molecule has 13 nitrogen and oxygen atoms in total. The van der Waals surface area contributed by atoms with E-state index in [2.05, 4.69) is 25.3 Å². The second kappa shape index (κ2) is 13.8. The Balaban J connectivity index is 1.37. The number of pyridine rings is 2. The Hall–Kier alpha value is -4.91. The van der Waals surface area contributed by atoms with Gasteiger partial charge in [0.1, 0.15) is 18.2 Å². The van der Waals surface area contributed by atoms with Gasteiger partial charge in [-0.1, -0.05) is 18.2 Å². The van der Waals surface area contributed by atoms with Crippen LogP contribution in [0.3, 0.4) is 0 Å². The van der Waals surface area contributed by atoms with Crippen LogP contribution in [-0.4, -0.2) is 51.6 Å². The Morgan fingerprint density at radius 2 is 1.49 bits per heavy atom. The largest absolute Gasteiger partial charge is 0.573 e. The van der Waals surface area contributed by atoms with Crippen LogP contribution in [0.4, 0.5) is 24.7 Å². The average molecular weight is 667 g/mol. The molecule has 4 aromatic rings. The van der Waals surface area contributed by atoms with E-state index in [1.54, 1.807) is 6.07 Å². The van der Waals surface area contributed by atoms with Crippen molar-refractivity contribution in [3.63, 3.8) is 0 Å². The molecule has 18 heteroatoms. The average Bonchev–Trinajstić information content (AvgIpc) is 3.00. The molecular weight excluding hydrogens is 645 g/mol. The number of alkyl halides is 3. The van der Waals surface area contributed by atoms with Gasteiger partial charge in [0.15, 0.2) is 5.03 Å². The van der Waals surface area contributed by atoms with Crippen molar-refractivity contribution < 1.29 is 52.7 Å². The number of hydrogen-bond acceptors (Lipinski definition) is 11. The van der Waals surface area contributed by atoms with Gasteiger partial charge < -0.3 is 15.4 Å². The van der Waals surface area contributed by atoms with Crippen LogP contribution in [0.1, 0.15) is 15.9 Å². The minimum atomic E-state index is -4.90. The zero-order chi connectivity index (χ0) is 32.7. The van der Waals surface area contributed by atoms with E-state index < -0.39 is 68.0 Å². The Labute approximate surface area is 254 Å². The molecule has 2 heterocycles. The van der Waals surface area contributed by atoms with Gasteiger partial charge in [-0.25, -0.2) is 9.97 Å². The van der Waals surface area contributed by atoms with Crippen molar-refractivity contribution in [1.82, 2.24) is 9.97 Å². The summed E-state index contributed by atoms with van der Waals surface area (Å²) in [7, 11) is -8.84. The third-order valence-electron chi connectivity index (χ3n) is 5.45. The summed E-state index contributed by atoms with van der Waals surface area (Å²) in [5, 5.41) is 3.94. The van der Waals surface area contributed by atoms with Crippen LogP contribution < -0.4 is 15.4 Å². The van der Waals surface area contributed by atoms with Gasteiger partial charge in [0.2, 0.25) is 0 Å². The van der Waals surface area contributed by atoms with Gasteiger partial charge in [0.05, 0.1) is 17.1 Å². The van der Waals surface area contributed by atoms with E-state index in [1.807, 2.05) is 0 Å². The molecule has 2 N–H and O–H groups in total. The lowest BCUT2D eigenvalue weighted by atomic mass is 10.2. The summed E-state index contributed by atoms with van der Waals surface area (Å²) in [5.41, 5.74) is -0.164. The maximum Gasteiger partial charge on any atom is 0.573 e. The van der Waals surface area contributed by atoms with Gasteiger partial charge >= 0.3 is 16.5 Å². The number of benzene rings is 2. The molecule has 0 spiro atoms. The van der Waals surface area contributed by atoms with E-state index in [-0.39, 0.29) is 22.0 Å². The highest BCUT2D eigenvalue weighted by molar-refractivity contribution is 7.87. The van der Waals surface area contributed by atoms with Crippen molar-refractivity contribution in [3.8, 4) is 5.75 Å². The number of aromatic nitrogens is 2. The van der Waals surface area contributed by atoms with E-state index in [1.165, 1.54) is 48.7 Å². The Morgan fingerprint density at radius 3 is 2.18 bits per heavy atom. The normalized spacial score (nSPS) is 11.9. The molecule has 0 aliphatic carbocycles. The Bertz CT molecular complexity index is 1890. The SMILES string of the molecule is O=C(COS(=O)(=O)c1ccccc1)Nc1cc(COS(=O)(=O)c2ncccc2C(=O)Nc2ccc(OC(F)(F)F)cc2)ccn1. The lowest BCUT2D eigenvalue weighted by molar-refractivity contribution is -0.274. The number of hydrogen-bond donors (Lipinski definition) is 2. The molecule has 236 valence electrons. The summed E-state index contributed by atoms with van der Waals surface area (Å²) in [6, 6.07) is 16.4. The van der Waals surface area contributed by atoms with Gasteiger partial charge in [-0.2, -0.15) is 16.8 Å². The van der Waals surface area contributed by atoms with Crippen molar-refractivity contribution in [2.45, 2.75) is 22.9 Å². The van der Waals surface area contributed by atoms with Crippen LogP contribution in [-0.2, 0) is 40.0 Å². The molecule has 0 aliphatic heterocycles. The van der Waals surface area contributed by atoms with E-state index in [0.717, 1.165) is 36.5 Å². The quantitative estimate of drug-likeness (QED) is 0.210. The van der Waals surface area contributed by atoms with Crippen LogP contribution in [0.2, 0.25) is 0 Å².